The van der Waals surface area contributed by atoms with Gasteiger partial charge in [-0.25, -0.2) is 9.59 Å². The lowest BCUT2D eigenvalue weighted by Gasteiger charge is -2.28. The van der Waals surface area contributed by atoms with E-state index in [4.69, 9.17) is 0 Å². The number of aryl methyl sites for hydroxylation is 2. The molecular weight excluding hydrogens is 468 g/mol. The third-order valence-corrected chi connectivity index (χ3v) is 6.90. The van der Waals surface area contributed by atoms with Gasteiger partial charge in [0.2, 0.25) is 0 Å². The molecule has 0 radical (unpaired) electrons. The largest absolute Gasteiger partial charge is 0.480 e. The zero-order valence-corrected chi connectivity index (χ0v) is 21.1. The first-order valence-corrected chi connectivity index (χ1v) is 12.6. The average Bonchev–Trinajstić information content (AvgIpc) is 2.90. The monoisotopic (exact) mass is 500 g/mol. The molecule has 3 aromatic rings. The highest BCUT2D eigenvalue weighted by Gasteiger charge is 2.31. The van der Waals surface area contributed by atoms with Crippen LogP contribution >= 0.6 is 0 Å². The lowest BCUT2D eigenvalue weighted by Crippen LogP contribution is -2.46. The standard InChI is InChI=1S/C29H32N4O4/c1-18-8-6-9-19(2)25(18)33-29(37)31-24-16-21(22-12-7-15-30-17-22)13-14-23(24)27(34)32-26(28(35)36)20-10-4-3-5-11-20/h6-9,12-17,20,26H,3-5,10-11H2,1-2H3,(H,32,34)(H,35,36)(H2,31,33,37). The number of hydrogen-bond acceptors (Lipinski definition) is 4. The van der Waals surface area contributed by atoms with E-state index in [-0.39, 0.29) is 17.2 Å². The molecule has 1 heterocycles. The first-order valence-electron chi connectivity index (χ1n) is 12.6. The number of anilines is 2. The topological polar surface area (TPSA) is 120 Å². The highest BCUT2D eigenvalue weighted by molar-refractivity contribution is 6.08. The fraction of sp³-hybridized carbons (Fsp3) is 0.310. The molecular formula is C29H32N4O4. The Morgan fingerprint density at radius 3 is 2.30 bits per heavy atom. The summed E-state index contributed by atoms with van der Waals surface area (Å²) in [6.07, 6.45) is 7.88. The van der Waals surface area contributed by atoms with Crippen molar-refractivity contribution in [1.82, 2.24) is 10.3 Å². The number of benzene rings is 2. The molecule has 1 saturated carbocycles. The van der Waals surface area contributed by atoms with Crippen LogP contribution in [0.4, 0.5) is 16.2 Å². The lowest BCUT2D eigenvalue weighted by molar-refractivity contribution is -0.141. The molecule has 1 aromatic heterocycles. The SMILES string of the molecule is Cc1cccc(C)c1NC(=O)Nc1cc(-c2cccnc2)ccc1C(=O)NC(C(=O)O)C1CCCCC1. The van der Waals surface area contributed by atoms with Crippen LogP contribution in [0, 0.1) is 19.8 Å². The molecule has 1 unspecified atom stereocenters. The second-order valence-corrected chi connectivity index (χ2v) is 9.54. The van der Waals surface area contributed by atoms with Crippen LogP contribution < -0.4 is 16.0 Å². The molecule has 8 heteroatoms. The summed E-state index contributed by atoms with van der Waals surface area (Å²) in [4.78, 5) is 42.6. The van der Waals surface area contributed by atoms with Gasteiger partial charge in [0.15, 0.2) is 0 Å². The molecule has 1 fully saturated rings. The van der Waals surface area contributed by atoms with E-state index in [9.17, 15) is 19.5 Å². The van der Waals surface area contributed by atoms with Crippen LogP contribution in [0.15, 0.2) is 60.9 Å². The van der Waals surface area contributed by atoms with Crippen molar-refractivity contribution in [3.8, 4) is 11.1 Å². The van der Waals surface area contributed by atoms with Crippen LogP contribution in [0.3, 0.4) is 0 Å². The van der Waals surface area contributed by atoms with Gasteiger partial charge in [-0.3, -0.25) is 9.78 Å². The molecule has 0 saturated heterocycles. The van der Waals surface area contributed by atoms with E-state index in [0.717, 1.165) is 54.4 Å². The van der Waals surface area contributed by atoms with E-state index in [1.807, 2.05) is 38.1 Å². The molecule has 4 rings (SSSR count). The van der Waals surface area contributed by atoms with Crippen LogP contribution in [-0.2, 0) is 4.79 Å². The summed E-state index contributed by atoms with van der Waals surface area (Å²) in [6.45, 7) is 3.81. The van der Waals surface area contributed by atoms with Crippen LogP contribution in [0.1, 0.15) is 53.6 Å². The van der Waals surface area contributed by atoms with Crippen LogP contribution in [-0.4, -0.2) is 34.0 Å². The number of carboxylic acid groups (broad SMARTS) is 1. The summed E-state index contributed by atoms with van der Waals surface area (Å²) < 4.78 is 0. The van der Waals surface area contributed by atoms with Crippen molar-refractivity contribution in [3.63, 3.8) is 0 Å². The summed E-state index contributed by atoms with van der Waals surface area (Å²) in [5.74, 6) is -1.71. The number of nitrogens with zero attached hydrogens (tertiary/aromatic N) is 1. The minimum atomic E-state index is -1.05. The second-order valence-electron chi connectivity index (χ2n) is 9.54. The molecule has 1 aliphatic rings. The molecule has 4 N–H and O–H groups in total. The number of carbonyl (C=O) groups is 3. The summed E-state index contributed by atoms with van der Waals surface area (Å²) in [5, 5.41) is 18.2. The van der Waals surface area contributed by atoms with Crippen molar-refractivity contribution in [2.24, 2.45) is 5.92 Å². The summed E-state index contributed by atoms with van der Waals surface area (Å²) in [6, 6.07) is 13.0. The Balaban J connectivity index is 1.63. The van der Waals surface area contributed by atoms with Gasteiger partial charge in [-0.05, 0) is 67.5 Å². The molecule has 1 aliphatic carbocycles. The Kier molecular flexibility index (Phi) is 8.18. The number of carbonyl (C=O) groups excluding carboxylic acids is 2. The Labute approximate surface area is 216 Å². The van der Waals surface area contributed by atoms with Crippen molar-refractivity contribution >= 4 is 29.3 Å². The third-order valence-electron chi connectivity index (χ3n) is 6.90. The summed E-state index contributed by atoms with van der Waals surface area (Å²) >= 11 is 0. The van der Waals surface area contributed by atoms with Crippen LogP contribution in [0.2, 0.25) is 0 Å². The molecule has 1 atom stereocenters. The molecule has 0 spiro atoms. The van der Waals surface area contributed by atoms with Gasteiger partial charge >= 0.3 is 12.0 Å². The van der Waals surface area contributed by atoms with Crippen molar-refractivity contribution in [2.45, 2.75) is 52.0 Å². The minimum absolute atomic E-state index is 0.117. The van der Waals surface area contributed by atoms with Gasteiger partial charge < -0.3 is 21.1 Å². The first kappa shape index (κ1) is 25.9. The Morgan fingerprint density at radius 1 is 0.919 bits per heavy atom. The van der Waals surface area contributed by atoms with E-state index >= 15 is 0 Å². The number of nitrogens with one attached hydrogen (secondary N) is 3. The predicted octanol–water partition coefficient (Wildman–Crippen LogP) is 5.77. The Morgan fingerprint density at radius 2 is 1.65 bits per heavy atom. The van der Waals surface area contributed by atoms with Crippen molar-refractivity contribution in [2.75, 3.05) is 10.6 Å². The maximum Gasteiger partial charge on any atom is 0.326 e. The van der Waals surface area contributed by atoms with Gasteiger partial charge in [-0.1, -0.05) is 49.6 Å². The highest BCUT2D eigenvalue weighted by atomic mass is 16.4. The predicted molar refractivity (Wildman–Crippen MR) is 144 cm³/mol. The number of aliphatic carboxylic acids is 1. The molecule has 3 amide bonds. The number of pyridine rings is 1. The van der Waals surface area contributed by atoms with E-state index in [0.29, 0.717) is 5.69 Å². The van der Waals surface area contributed by atoms with Gasteiger partial charge in [-0.2, -0.15) is 0 Å². The van der Waals surface area contributed by atoms with Gasteiger partial charge in [0.25, 0.3) is 5.91 Å². The average molecular weight is 501 g/mol. The fourth-order valence-electron chi connectivity index (χ4n) is 4.91. The van der Waals surface area contributed by atoms with Crippen molar-refractivity contribution in [1.29, 1.82) is 0 Å². The minimum Gasteiger partial charge on any atom is -0.480 e. The van der Waals surface area contributed by atoms with Gasteiger partial charge in [-0.15, -0.1) is 0 Å². The number of rotatable bonds is 7. The van der Waals surface area contributed by atoms with E-state index in [2.05, 4.69) is 20.9 Å². The maximum absolute atomic E-state index is 13.4. The van der Waals surface area contributed by atoms with Gasteiger partial charge in [0, 0.05) is 23.6 Å². The number of para-hydroxylation sites is 1. The number of aromatic nitrogens is 1. The molecule has 0 bridgehead atoms. The van der Waals surface area contributed by atoms with Crippen LogP contribution in [0.5, 0.6) is 0 Å². The molecule has 37 heavy (non-hydrogen) atoms. The lowest BCUT2D eigenvalue weighted by atomic mass is 9.83. The third kappa shape index (κ3) is 6.33. The summed E-state index contributed by atoms with van der Waals surface area (Å²) in [5.41, 5.74) is 4.55. The number of carboxylic acids is 1. The van der Waals surface area contributed by atoms with Gasteiger partial charge in [0.1, 0.15) is 6.04 Å². The van der Waals surface area contributed by atoms with E-state index < -0.39 is 23.9 Å². The van der Waals surface area contributed by atoms with E-state index in [1.165, 1.54) is 0 Å². The number of hydrogen-bond donors (Lipinski definition) is 4. The Hall–Kier alpha value is -4.20. The zero-order chi connectivity index (χ0) is 26.4. The normalized spacial score (nSPS) is 14.4. The second kappa shape index (κ2) is 11.7. The zero-order valence-electron chi connectivity index (χ0n) is 21.1. The van der Waals surface area contributed by atoms with Crippen molar-refractivity contribution < 1.29 is 19.5 Å². The maximum atomic E-state index is 13.4. The van der Waals surface area contributed by atoms with Crippen molar-refractivity contribution in [3.05, 3.63) is 77.6 Å². The van der Waals surface area contributed by atoms with E-state index in [1.54, 1.807) is 36.7 Å². The molecule has 192 valence electrons. The fourth-order valence-corrected chi connectivity index (χ4v) is 4.91. The molecule has 0 aliphatic heterocycles. The summed E-state index contributed by atoms with van der Waals surface area (Å²) in [7, 11) is 0. The Bertz CT molecular complexity index is 1270. The van der Waals surface area contributed by atoms with Gasteiger partial charge in [0.05, 0.1) is 11.3 Å². The first-order chi connectivity index (χ1) is 17.8. The molecule has 8 nitrogen and oxygen atoms in total. The quantitative estimate of drug-likeness (QED) is 0.328. The molecule has 2 aromatic carbocycles. The number of amides is 3. The van der Waals surface area contributed by atoms with Crippen LogP contribution in [0.25, 0.3) is 11.1 Å². The highest BCUT2D eigenvalue weighted by Crippen LogP contribution is 2.29. The number of urea groups is 1. The smallest absolute Gasteiger partial charge is 0.326 e.